The number of hydrogen-bond donors (Lipinski definition) is 0. The maximum atomic E-state index is 4.58. The van der Waals surface area contributed by atoms with E-state index >= 15 is 0 Å². The topological polar surface area (TPSA) is 30.7 Å². The smallest absolute Gasteiger partial charge is 0.121 e. The van der Waals surface area contributed by atoms with Gasteiger partial charge in [-0.25, -0.2) is 9.97 Å². The van der Waals surface area contributed by atoms with Crippen molar-refractivity contribution in [3.63, 3.8) is 0 Å². The van der Waals surface area contributed by atoms with Crippen LogP contribution in [0, 0.1) is 3.70 Å². The van der Waals surface area contributed by atoms with E-state index in [9.17, 15) is 0 Å². The second kappa shape index (κ2) is 3.92. The van der Waals surface area contributed by atoms with Gasteiger partial charge in [0.25, 0.3) is 0 Å². The molecule has 0 unspecified atom stereocenters. The first kappa shape index (κ1) is 10.6. The molecule has 0 atom stereocenters. The average Bonchev–Trinajstić information content (AvgIpc) is 2.43. The lowest BCUT2D eigenvalue weighted by atomic mass is 10.2. The van der Waals surface area contributed by atoms with Gasteiger partial charge in [-0.05, 0) is 28.7 Å². The molecule has 2 heterocycles. The van der Waals surface area contributed by atoms with Crippen molar-refractivity contribution in [2.24, 2.45) is 0 Å². The van der Waals surface area contributed by atoms with Gasteiger partial charge in [-0.2, -0.15) is 0 Å². The molecule has 0 amide bonds. The molecular weight excluding hydrogens is 404 g/mol. The van der Waals surface area contributed by atoms with Crippen LogP contribution in [-0.4, -0.2) is 12.7 Å². The fourth-order valence-corrected chi connectivity index (χ4v) is 2.77. The van der Waals surface area contributed by atoms with Gasteiger partial charge in [-0.1, -0.05) is 13.8 Å². The molecule has 74 valence electrons. The van der Waals surface area contributed by atoms with Gasteiger partial charge in [0, 0.05) is 5.92 Å². The molecule has 0 saturated carbocycles. The van der Waals surface area contributed by atoms with Crippen LogP contribution in [0.5, 0.6) is 0 Å². The highest BCUT2D eigenvalue weighted by Gasteiger charge is 2.12. The zero-order valence-electron chi connectivity index (χ0n) is 7.83. The molecule has 2 aromatic rings. The second-order valence-electron chi connectivity index (χ2n) is 3.40. The van der Waals surface area contributed by atoms with Crippen LogP contribution < -0.4 is 0 Å². The summed E-state index contributed by atoms with van der Waals surface area (Å²) in [7, 11) is 0. The van der Waals surface area contributed by atoms with Crippen molar-refractivity contribution in [2.45, 2.75) is 19.8 Å². The van der Waals surface area contributed by atoms with E-state index in [0.29, 0.717) is 5.92 Å². The summed E-state index contributed by atoms with van der Waals surface area (Å²) in [6.45, 7) is 4.30. The third-order valence-electron chi connectivity index (χ3n) is 1.99. The normalized spacial score (nSPS) is 11.5. The van der Waals surface area contributed by atoms with E-state index < -0.39 is 0 Å². The predicted octanol–water partition coefficient (Wildman–Crippen LogP) is 3.36. The van der Waals surface area contributed by atoms with Crippen molar-refractivity contribution in [1.29, 1.82) is 0 Å². The number of hydrogen-bond acceptors (Lipinski definition) is 2. The van der Waals surface area contributed by atoms with Crippen molar-refractivity contribution in [3.8, 4) is 0 Å². The summed E-state index contributed by atoms with van der Waals surface area (Å²) >= 11 is 4.48. The summed E-state index contributed by atoms with van der Waals surface area (Å²) in [4.78, 5) is 8.85. The lowest BCUT2D eigenvalue weighted by molar-refractivity contribution is 0.793. The van der Waals surface area contributed by atoms with E-state index in [1.54, 1.807) is 0 Å². The van der Waals surface area contributed by atoms with Crippen LogP contribution in [0.4, 0.5) is 0 Å². The third-order valence-corrected chi connectivity index (χ3v) is 3.60. The zero-order chi connectivity index (χ0) is 10.3. The van der Waals surface area contributed by atoms with Crippen LogP contribution in [0.3, 0.4) is 0 Å². The fraction of sp³-hybridized carbons (Fsp3) is 0.333. The Morgan fingerprint density at radius 3 is 2.79 bits per heavy atom. The monoisotopic (exact) mass is 413 g/mol. The Hall–Kier alpha value is 0.0800. The van der Waals surface area contributed by atoms with Crippen LogP contribution in [-0.2, 0) is 0 Å². The number of rotatable bonds is 1. The molecule has 2 aromatic heterocycles. The van der Waals surface area contributed by atoms with Gasteiger partial charge in [0.1, 0.15) is 9.53 Å². The fourth-order valence-electron chi connectivity index (χ4n) is 1.30. The summed E-state index contributed by atoms with van der Waals surface area (Å²) in [6, 6.07) is 2.01. The summed E-state index contributed by atoms with van der Waals surface area (Å²) in [6.07, 6.45) is 1.88. The summed E-state index contributed by atoms with van der Waals surface area (Å²) in [5, 5.41) is 0. The standard InChI is InChI=1S/C9H9I2N3/c1-5(2)9-13-6-3-8(10)12-4-7(6)14(9)11/h3-5H,1-2H3. The lowest BCUT2D eigenvalue weighted by Gasteiger charge is -2.01. The van der Waals surface area contributed by atoms with E-state index in [-0.39, 0.29) is 0 Å². The SMILES string of the molecule is CC(C)c1nc2cc(I)ncc2n1I. The van der Waals surface area contributed by atoms with Gasteiger partial charge in [-0.3, -0.25) is 2.78 Å². The molecule has 0 aliphatic heterocycles. The minimum Gasteiger partial charge on any atom is -0.266 e. The summed E-state index contributed by atoms with van der Waals surface area (Å²) in [5.74, 6) is 1.54. The highest BCUT2D eigenvalue weighted by Crippen LogP contribution is 2.24. The number of aromatic nitrogens is 3. The quantitative estimate of drug-likeness (QED) is 0.531. The Morgan fingerprint density at radius 2 is 2.14 bits per heavy atom. The molecule has 0 aromatic carbocycles. The molecule has 5 heteroatoms. The van der Waals surface area contributed by atoms with Crippen LogP contribution in [0.1, 0.15) is 25.6 Å². The van der Waals surface area contributed by atoms with Gasteiger partial charge in [-0.15, -0.1) is 0 Å². The first-order valence-electron chi connectivity index (χ1n) is 4.29. The number of fused-ring (bicyclic) bond motifs is 1. The minimum atomic E-state index is 0.442. The van der Waals surface area contributed by atoms with E-state index in [1.165, 1.54) is 0 Å². The number of imidazole rings is 1. The highest BCUT2D eigenvalue weighted by molar-refractivity contribution is 14.1. The molecule has 14 heavy (non-hydrogen) atoms. The van der Waals surface area contributed by atoms with Crippen LogP contribution in [0.2, 0.25) is 0 Å². The first-order valence-corrected chi connectivity index (χ1v) is 6.34. The Morgan fingerprint density at radius 1 is 1.43 bits per heavy atom. The van der Waals surface area contributed by atoms with E-state index in [2.05, 4.69) is 72.1 Å². The zero-order valence-corrected chi connectivity index (χ0v) is 12.1. The lowest BCUT2D eigenvalue weighted by Crippen LogP contribution is -1.94. The molecule has 2 rings (SSSR count). The molecule has 0 aliphatic carbocycles. The maximum absolute atomic E-state index is 4.58. The largest absolute Gasteiger partial charge is 0.266 e. The highest BCUT2D eigenvalue weighted by atomic mass is 127. The van der Waals surface area contributed by atoms with Crippen LogP contribution >= 0.6 is 45.5 Å². The summed E-state index contributed by atoms with van der Waals surface area (Å²) in [5.41, 5.74) is 2.12. The first-order chi connectivity index (χ1) is 6.59. The molecule has 0 N–H and O–H groups in total. The molecule has 3 nitrogen and oxygen atoms in total. The van der Waals surface area contributed by atoms with Gasteiger partial charge in [0.05, 0.1) is 40.1 Å². The van der Waals surface area contributed by atoms with Crippen LogP contribution in [0.15, 0.2) is 12.3 Å². The third kappa shape index (κ3) is 1.75. The van der Waals surface area contributed by atoms with Crippen molar-refractivity contribution < 1.29 is 0 Å². The van der Waals surface area contributed by atoms with Gasteiger partial charge in [0.15, 0.2) is 0 Å². The van der Waals surface area contributed by atoms with Gasteiger partial charge < -0.3 is 0 Å². The number of halogens is 2. The van der Waals surface area contributed by atoms with Crippen molar-refractivity contribution in [1.82, 2.24) is 12.7 Å². The van der Waals surface area contributed by atoms with Crippen molar-refractivity contribution >= 4 is 56.5 Å². The molecule has 0 radical (unpaired) electrons. The Labute approximate surface area is 110 Å². The average molecular weight is 413 g/mol. The second-order valence-corrected chi connectivity index (χ2v) is 5.47. The molecule has 0 aliphatic rings. The molecule has 0 fully saturated rings. The maximum Gasteiger partial charge on any atom is 0.121 e. The predicted molar refractivity (Wildman–Crippen MR) is 73.8 cm³/mol. The van der Waals surface area contributed by atoms with Crippen LogP contribution in [0.25, 0.3) is 11.0 Å². The number of pyridine rings is 1. The Bertz CT molecular complexity index is 476. The van der Waals surface area contributed by atoms with E-state index in [0.717, 1.165) is 20.6 Å². The minimum absolute atomic E-state index is 0.442. The molecular formula is C9H9I2N3. The molecule has 0 saturated heterocycles. The van der Waals surface area contributed by atoms with Crippen molar-refractivity contribution in [3.05, 3.63) is 21.8 Å². The Balaban J connectivity index is 2.73. The number of nitrogens with zero attached hydrogens (tertiary/aromatic N) is 3. The van der Waals surface area contributed by atoms with E-state index in [1.807, 2.05) is 12.3 Å². The summed E-state index contributed by atoms with van der Waals surface area (Å²) < 4.78 is 3.07. The molecule has 0 bridgehead atoms. The molecule has 0 spiro atoms. The Kier molecular flexibility index (Phi) is 2.96. The van der Waals surface area contributed by atoms with Gasteiger partial charge in [0.2, 0.25) is 0 Å². The van der Waals surface area contributed by atoms with E-state index in [4.69, 9.17) is 0 Å². The van der Waals surface area contributed by atoms with Gasteiger partial charge >= 0.3 is 0 Å². The van der Waals surface area contributed by atoms with Crippen molar-refractivity contribution in [2.75, 3.05) is 0 Å².